The summed E-state index contributed by atoms with van der Waals surface area (Å²) in [5, 5.41) is 0. The van der Waals surface area contributed by atoms with Crippen molar-refractivity contribution in [3.63, 3.8) is 0 Å². The lowest BCUT2D eigenvalue weighted by Crippen LogP contribution is -2.40. The summed E-state index contributed by atoms with van der Waals surface area (Å²) in [6.07, 6.45) is 2.41. The van der Waals surface area contributed by atoms with E-state index in [4.69, 9.17) is 9.47 Å². The Bertz CT molecular complexity index is 1040. The van der Waals surface area contributed by atoms with Gasteiger partial charge in [0.25, 0.3) is 0 Å². The quantitative estimate of drug-likeness (QED) is 0.566. The zero-order valence-electron chi connectivity index (χ0n) is 18.1. The number of hydrogen-bond donors (Lipinski definition) is 0. The Labute approximate surface area is 183 Å². The molecular formula is C26H28N2O3. The van der Waals surface area contributed by atoms with E-state index in [1.54, 1.807) is 6.20 Å². The van der Waals surface area contributed by atoms with E-state index in [2.05, 4.69) is 24.0 Å². The van der Waals surface area contributed by atoms with Gasteiger partial charge in [-0.25, -0.2) is 0 Å². The molecule has 0 aliphatic carbocycles. The van der Waals surface area contributed by atoms with Crippen molar-refractivity contribution in [1.29, 1.82) is 0 Å². The Morgan fingerprint density at radius 3 is 2.74 bits per heavy atom. The number of pyridine rings is 1. The Morgan fingerprint density at radius 1 is 1.13 bits per heavy atom. The standard InChI is InChI=1S/C26H28N2O3/c1-3-30-24-11-12-25-21(15-24)14-22(18-31-25)26(29)28(17-23-10-6-7-13-27-23)16-20-9-5-4-8-19(20)2/h4-13,15,22H,3,14,16-18H2,1-2H3. The summed E-state index contributed by atoms with van der Waals surface area (Å²) in [5.41, 5.74) is 4.21. The van der Waals surface area contributed by atoms with E-state index in [9.17, 15) is 4.79 Å². The van der Waals surface area contributed by atoms with Crippen molar-refractivity contribution < 1.29 is 14.3 Å². The van der Waals surface area contributed by atoms with Crippen molar-refractivity contribution in [1.82, 2.24) is 9.88 Å². The lowest BCUT2D eigenvalue weighted by molar-refractivity contribution is -0.138. The molecule has 3 aromatic rings. The molecule has 2 aromatic carbocycles. The molecule has 1 aliphatic rings. The molecule has 5 heteroatoms. The van der Waals surface area contributed by atoms with E-state index in [0.717, 1.165) is 28.3 Å². The minimum Gasteiger partial charge on any atom is -0.494 e. The first-order valence-corrected chi connectivity index (χ1v) is 10.8. The molecule has 31 heavy (non-hydrogen) atoms. The van der Waals surface area contributed by atoms with Gasteiger partial charge in [-0.2, -0.15) is 0 Å². The van der Waals surface area contributed by atoms with Gasteiger partial charge < -0.3 is 14.4 Å². The summed E-state index contributed by atoms with van der Waals surface area (Å²) in [4.78, 5) is 20.0. The van der Waals surface area contributed by atoms with Crippen LogP contribution in [0.15, 0.2) is 66.9 Å². The zero-order valence-corrected chi connectivity index (χ0v) is 18.1. The average Bonchev–Trinajstić information content (AvgIpc) is 2.80. The van der Waals surface area contributed by atoms with Gasteiger partial charge in [0.05, 0.1) is 24.8 Å². The van der Waals surface area contributed by atoms with Gasteiger partial charge in [-0.05, 0) is 67.3 Å². The second-order valence-corrected chi connectivity index (χ2v) is 7.86. The summed E-state index contributed by atoms with van der Waals surface area (Å²) in [5.74, 6) is 1.49. The van der Waals surface area contributed by atoms with Crippen LogP contribution in [0.1, 0.15) is 29.3 Å². The number of rotatable bonds is 7. The molecule has 160 valence electrons. The van der Waals surface area contributed by atoms with E-state index >= 15 is 0 Å². The smallest absolute Gasteiger partial charge is 0.230 e. The summed E-state index contributed by atoms with van der Waals surface area (Å²) >= 11 is 0. The van der Waals surface area contributed by atoms with Crippen LogP contribution in [0, 0.1) is 12.8 Å². The van der Waals surface area contributed by atoms with Crippen molar-refractivity contribution in [3.05, 3.63) is 89.2 Å². The summed E-state index contributed by atoms with van der Waals surface area (Å²) in [6.45, 7) is 6.04. The maximum atomic E-state index is 13.6. The minimum absolute atomic E-state index is 0.0846. The zero-order chi connectivity index (χ0) is 21.6. The van der Waals surface area contributed by atoms with Gasteiger partial charge in [-0.3, -0.25) is 9.78 Å². The first kappa shape index (κ1) is 20.9. The SMILES string of the molecule is CCOc1ccc2c(c1)CC(C(=O)N(Cc1ccccn1)Cc1ccccc1C)CO2. The van der Waals surface area contributed by atoms with E-state index in [1.165, 1.54) is 5.56 Å². The summed E-state index contributed by atoms with van der Waals surface area (Å²) in [6, 6.07) is 19.8. The van der Waals surface area contributed by atoms with Gasteiger partial charge in [0, 0.05) is 12.7 Å². The van der Waals surface area contributed by atoms with E-state index in [0.29, 0.717) is 32.7 Å². The van der Waals surface area contributed by atoms with Crippen molar-refractivity contribution in [2.75, 3.05) is 13.2 Å². The highest BCUT2D eigenvalue weighted by atomic mass is 16.5. The normalized spacial score (nSPS) is 15.0. The number of aryl methyl sites for hydroxylation is 1. The maximum Gasteiger partial charge on any atom is 0.230 e. The third-order valence-electron chi connectivity index (χ3n) is 5.61. The molecule has 0 spiro atoms. The average molecular weight is 417 g/mol. The van der Waals surface area contributed by atoms with Crippen molar-refractivity contribution in [2.24, 2.45) is 5.92 Å². The number of hydrogen-bond acceptors (Lipinski definition) is 4. The number of fused-ring (bicyclic) bond motifs is 1. The van der Waals surface area contributed by atoms with Crippen molar-refractivity contribution >= 4 is 5.91 Å². The first-order valence-electron chi connectivity index (χ1n) is 10.8. The van der Waals surface area contributed by atoms with Gasteiger partial charge in [0.15, 0.2) is 0 Å². The number of ether oxygens (including phenoxy) is 2. The van der Waals surface area contributed by atoms with Gasteiger partial charge in [0.1, 0.15) is 18.1 Å². The van der Waals surface area contributed by atoms with Gasteiger partial charge >= 0.3 is 0 Å². The molecule has 1 amide bonds. The van der Waals surface area contributed by atoms with Crippen LogP contribution in [-0.4, -0.2) is 29.0 Å². The summed E-state index contributed by atoms with van der Waals surface area (Å²) in [7, 11) is 0. The van der Waals surface area contributed by atoms with Crippen LogP contribution in [0.3, 0.4) is 0 Å². The van der Waals surface area contributed by atoms with E-state index in [-0.39, 0.29) is 11.8 Å². The molecule has 1 aromatic heterocycles. The third-order valence-corrected chi connectivity index (χ3v) is 5.61. The van der Waals surface area contributed by atoms with Crippen LogP contribution < -0.4 is 9.47 Å². The molecule has 0 N–H and O–H groups in total. The molecule has 1 atom stereocenters. The number of amides is 1. The van der Waals surface area contributed by atoms with Crippen LogP contribution in [0.4, 0.5) is 0 Å². The van der Waals surface area contributed by atoms with Gasteiger partial charge in [-0.1, -0.05) is 30.3 Å². The highest BCUT2D eigenvalue weighted by Gasteiger charge is 2.30. The van der Waals surface area contributed by atoms with E-state index < -0.39 is 0 Å². The fourth-order valence-electron chi connectivity index (χ4n) is 3.94. The van der Waals surface area contributed by atoms with Gasteiger partial charge in [-0.15, -0.1) is 0 Å². The Morgan fingerprint density at radius 2 is 1.97 bits per heavy atom. The topological polar surface area (TPSA) is 51.7 Å². The molecule has 0 fully saturated rings. The molecule has 4 rings (SSSR count). The number of carbonyl (C=O) groups is 1. The van der Waals surface area contributed by atoms with Crippen molar-refractivity contribution in [3.8, 4) is 11.5 Å². The molecule has 0 saturated heterocycles. The second kappa shape index (κ2) is 9.65. The molecular weight excluding hydrogens is 388 g/mol. The first-order chi connectivity index (χ1) is 15.1. The lowest BCUT2D eigenvalue weighted by atomic mass is 9.94. The molecule has 5 nitrogen and oxygen atoms in total. The monoisotopic (exact) mass is 416 g/mol. The molecule has 2 heterocycles. The number of benzene rings is 2. The number of carbonyl (C=O) groups excluding carboxylic acids is 1. The Hall–Kier alpha value is -3.34. The maximum absolute atomic E-state index is 13.6. The summed E-state index contributed by atoms with van der Waals surface area (Å²) < 4.78 is 11.6. The molecule has 1 unspecified atom stereocenters. The fourth-order valence-corrected chi connectivity index (χ4v) is 3.94. The highest BCUT2D eigenvalue weighted by molar-refractivity contribution is 5.80. The molecule has 0 bridgehead atoms. The minimum atomic E-state index is -0.239. The fraction of sp³-hybridized carbons (Fsp3) is 0.308. The predicted molar refractivity (Wildman–Crippen MR) is 120 cm³/mol. The lowest BCUT2D eigenvalue weighted by Gasteiger charge is -2.31. The highest BCUT2D eigenvalue weighted by Crippen LogP contribution is 2.32. The second-order valence-electron chi connectivity index (χ2n) is 7.86. The largest absolute Gasteiger partial charge is 0.494 e. The Kier molecular flexibility index (Phi) is 6.51. The van der Waals surface area contributed by atoms with Crippen LogP contribution in [0.5, 0.6) is 11.5 Å². The van der Waals surface area contributed by atoms with Crippen LogP contribution in [-0.2, 0) is 24.3 Å². The van der Waals surface area contributed by atoms with Crippen LogP contribution >= 0.6 is 0 Å². The van der Waals surface area contributed by atoms with Gasteiger partial charge in [0.2, 0.25) is 5.91 Å². The predicted octanol–water partition coefficient (Wildman–Crippen LogP) is 4.57. The van der Waals surface area contributed by atoms with E-state index in [1.807, 2.05) is 60.4 Å². The number of nitrogens with zero attached hydrogens (tertiary/aromatic N) is 2. The molecule has 0 radical (unpaired) electrons. The molecule has 0 saturated carbocycles. The Balaban J connectivity index is 1.56. The van der Waals surface area contributed by atoms with Crippen LogP contribution in [0.25, 0.3) is 0 Å². The number of aromatic nitrogens is 1. The molecule has 1 aliphatic heterocycles. The van der Waals surface area contributed by atoms with Crippen LogP contribution in [0.2, 0.25) is 0 Å². The third kappa shape index (κ3) is 5.05. The van der Waals surface area contributed by atoms with Crippen molar-refractivity contribution in [2.45, 2.75) is 33.4 Å².